The minimum Gasteiger partial charge on any atom is -0.497 e. The van der Waals surface area contributed by atoms with Crippen LogP contribution in [0.25, 0.3) is 0 Å². The van der Waals surface area contributed by atoms with Gasteiger partial charge in [-0.1, -0.05) is 12.1 Å². The fraction of sp³-hybridized carbons (Fsp3) is 0.542. The molecule has 0 radical (unpaired) electrons. The standard InChI is InChI=1S/C24H31N5O3/c1-14-22(27-24(25)26-14)23(31)28-12-16-11-17(13-28)20(29-19(16)7-4-8-21(29)30)10-15-5-3-6-18(9-15)32-2/h3,5-6,9,16-17,19-20H,4,7-8,10-13H2,1-2H3,(H3,25,26,27)/t16-,17+,19+,20+/m1/s1. The number of carbonyl (C=O) groups excluding carboxylic acids is 2. The minimum atomic E-state index is -0.0686. The molecule has 170 valence electrons. The molecule has 4 heterocycles. The van der Waals surface area contributed by atoms with E-state index in [-0.39, 0.29) is 35.8 Å². The number of anilines is 1. The number of H-pyrrole nitrogens is 1. The molecule has 1 aromatic carbocycles. The number of benzene rings is 1. The highest BCUT2D eigenvalue weighted by molar-refractivity contribution is 5.94. The fourth-order valence-corrected chi connectivity index (χ4v) is 6.09. The van der Waals surface area contributed by atoms with Gasteiger partial charge in [-0.05, 0) is 62.1 Å². The molecule has 2 aromatic rings. The zero-order valence-corrected chi connectivity index (χ0v) is 18.7. The third-order valence-electron chi connectivity index (χ3n) is 7.47. The van der Waals surface area contributed by atoms with E-state index in [0.29, 0.717) is 36.8 Å². The molecule has 3 aliphatic heterocycles. The number of piperidine rings is 3. The maximum absolute atomic E-state index is 13.3. The van der Waals surface area contributed by atoms with E-state index in [1.54, 1.807) is 7.11 Å². The van der Waals surface area contributed by atoms with Gasteiger partial charge in [0.1, 0.15) is 5.75 Å². The van der Waals surface area contributed by atoms with Crippen molar-refractivity contribution in [2.75, 3.05) is 25.9 Å². The number of aryl methyl sites for hydroxylation is 1. The summed E-state index contributed by atoms with van der Waals surface area (Å²) in [6.07, 6.45) is 4.38. The Morgan fingerprint density at radius 3 is 2.88 bits per heavy atom. The lowest BCUT2D eigenvalue weighted by Crippen LogP contribution is -2.66. The third kappa shape index (κ3) is 3.61. The summed E-state index contributed by atoms with van der Waals surface area (Å²) in [6.45, 7) is 3.13. The second-order valence-electron chi connectivity index (χ2n) is 9.45. The van der Waals surface area contributed by atoms with Crippen molar-refractivity contribution in [1.29, 1.82) is 0 Å². The van der Waals surface area contributed by atoms with Crippen LogP contribution in [0.1, 0.15) is 47.4 Å². The minimum absolute atomic E-state index is 0.0686. The van der Waals surface area contributed by atoms with Crippen molar-refractivity contribution in [3.05, 3.63) is 41.2 Å². The van der Waals surface area contributed by atoms with Gasteiger partial charge in [-0.3, -0.25) is 9.59 Å². The normalized spacial score (nSPS) is 27.2. The van der Waals surface area contributed by atoms with Gasteiger partial charge in [-0.25, -0.2) is 4.98 Å². The molecular formula is C24H31N5O3. The van der Waals surface area contributed by atoms with Crippen molar-refractivity contribution in [3.8, 4) is 5.75 Å². The highest BCUT2D eigenvalue weighted by Gasteiger charge is 2.50. The number of nitrogens with one attached hydrogen (secondary N) is 1. The molecule has 2 bridgehead atoms. The lowest BCUT2D eigenvalue weighted by atomic mass is 9.70. The molecule has 8 heteroatoms. The van der Waals surface area contributed by atoms with Gasteiger partial charge in [0.2, 0.25) is 5.91 Å². The maximum Gasteiger partial charge on any atom is 0.274 e. The van der Waals surface area contributed by atoms with E-state index in [0.717, 1.165) is 37.0 Å². The summed E-state index contributed by atoms with van der Waals surface area (Å²) in [5, 5.41) is 0. The van der Waals surface area contributed by atoms with Crippen LogP contribution in [0, 0.1) is 18.8 Å². The first-order chi connectivity index (χ1) is 15.4. The van der Waals surface area contributed by atoms with Crippen LogP contribution >= 0.6 is 0 Å². The molecule has 8 nitrogen and oxygen atoms in total. The summed E-state index contributed by atoms with van der Waals surface area (Å²) in [7, 11) is 1.67. The molecular weight excluding hydrogens is 406 g/mol. The number of hydrogen-bond donors (Lipinski definition) is 2. The Bertz CT molecular complexity index is 1030. The van der Waals surface area contributed by atoms with Gasteiger partial charge in [0.15, 0.2) is 11.6 Å². The van der Waals surface area contributed by atoms with E-state index >= 15 is 0 Å². The number of aromatic nitrogens is 2. The number of nitrogens with zero attached hydrogens (tertiary/aromatic N) is 3. The molecule has 3 fully saturated rings. The fourth-order valence-electron chi connectivity index (χ4n) is 6.09. The van der Waals surface area contributed by atoms with Crippen LogP contribution in [0.4, 0.5) is 5.95 Å². The molecule has 0 spiro atoms. The van der Waals surface area contributed by atoms with Gasteiger partial charge in [-0.15, -0.1) is 0 Å². The van der Waals surface area contributed by atoms with E-state index in [2.05, 4.69) is 27.0 Å². The molecule has 3 N–H and O–H groups in total. The van der Waals surface area contributed by atoms with Crippen LogP contribution in [0.2, 0.25) is 0 Å². The molecule has 2 amide bonds. The number of amides is 2. The summed E-state index contributed by atoms with van der Waals surface area (Å²) in [4.78, 5) is 37.7. The Kier molecular flexibility index (Phi) is 5.31. The molecule has 4 atom stereocenters. The summed E-state index contributed by atoms with van der Waals surface area (Å²) >= 11 is 0. The van der Waals surface area contributed by atoms with Crippen LogP contribution in [0.5, 0.6) is 5.75 Å². The van der Waals surface area contributed by atoms with Crippen molar-refractivity contribution in [1.82, 2.24) is 19.8 Å². The number of ether oxygens (including phenoxy) is 1. The number of methoxy groups -OCH3 is 1. The monoisotopic (exact) mass is 437 g/mol. The largest absolute Gasteiger partial charge is 0.497 e. The zero-order valence-electron chi connectivity index (χ0n) is 18.7. The van der Waals surface area contributed by atoms with Gasteiger partial charge in [0.05, 0.1) is 7.11 Å². The van der Waals surface area contributed by atoms with Crippen LogP contribution in [-0.4, -0.2) is 63.9 Å². The van der Waals surface area contributed by atoms with Crippen molar-refractivity contribution < 1.29 is 14.3 Å². The van der Waals surface area contributed by atoms with Gasteiger partial charge >= 0.3 is 0 Å². The number of fused-ring (bicyclic) bond motifs is 4. The Balaban J connectivity index is 1.45. The number of aromatic amines is 1. The lowest BCUT2D eigenvalue weighted by Gasteiger charge is -2.56. The van der Waals surface area contributed by atoms with E-state index in [1.807, 2.05) is 24.0 Å². The number of hydrogen-bond acceptors (Lipinski definition) is 5. The molecule has 0 aliphatic carbocycles. The third-order valence-corrected chi connectivity index (χ3v) is 7.47. The molecule has 3 saturated heterocycles. The molecule has 32 heavy (non-hydrogen) atoms. The molecule has 1 aromatic heterocycles. The van der Waals surface area contributed by atoms with Crippen molar-refractivity contribution >= 4 is 17.8 Å². The van der Waals surface area contributed by atoms with Crippen LogP contribution in [0.15, 0.2) is 24.3 Å². The first-order valence-electron chi connectivity index (χ1n) is 11.5. The van der Waals surface area contributed by atoms with Crippen molar-refractivity contribution in [2.24, 2.45) is 11.8 Å². The first kappa shape index (κ1) is 20.8. The van der Waals surface area contributed by atoms with Crippen LogP contribution in [-0.2, 0) is 11.2 Å². The average Bonchev–Trinajstić information content (AvgIpc) is 3.14. The topological polar surface area (TPSA) is 105 Å². The van der Waals surface area contributed by atoms with E-state index < -0.39 is 0 Å². The second-order valence-corrected chi connectivity index (χ2v) is 9.45. The Morgan fingerprint density at radius 2 is 2.12 bits per heavy atom. The predicted molar refractivity (Wildman–Crippen MR) is 120 cm³/mol. The smallest absolute Gasteiger partial charge is 0.274 e. The van der Waals surface area contributed by atoms with Gasteiger partial charge in [-0.2, -0.15) is 0 Å². The van der Waals surface area contributed by atoms with E-state index in [9.17, 15) is 9.59 Å². The summed E-state index contributed by atoms with van der Waals surface area (Å²) in [5.41, 5.74) is 8.04. The molecule has 0 unspecified atom stereocenters. The van der Waals surface area contributed by atoms with Gasteiger partial charge in [0, 0.05) is 37.3 Å². The number of rotatable bonds is 4. The predicted octanol–water partition coefficient (Wildman–Crippen LogP) is 2.39. The van der Waals surface area contributed by atoms with E-state index in [4.69, 9.17) is 10.5 Å². The molecule has 3 aliphatic rings. The highest BCUT2D eigenvalue weighted by atomic mass is 16.5. The van der Waals surface area contributed by atoms with Crippen molar-refractivity contribution in [2.45, 2.75) is 51.1 Å². The molecule has 0 saturated carbocycles. The number of imidazole rings is 1. The SMILES string of the molecule is COc1cccc(C[C@H]2[C@H]3C[C@H](CN(C(=O)c4nc(N)[nH]c4C)C3)[C@@H]3CCCC(=O)N32)c1. The first-order valence-corrected chi connectivity index (χ1v) is 11.5. The Morgan fingerprint density at radius 1 is 1.31 bits per heavy atom. The number of carbonyl (C=O) groups is 2. The molecule has 5 rings (SSSR count). The highest BCUT2D eigenvalue weighted by Crippen LogP contribution is 2.43. The zero-order chi connectivity index (χ0) is 22.4. The number of nitrogens with two attached hydrogens (primary N) is 1. The van der Waals surface area contributed by atoms with Crippen molar-refractivity contribution in [3.63, 3.8) is 0 Å². The van der Waals surface area contributed by atoms with Crippen LogP contribution < -0.4 is 10.5 Å². The second kappa shape index (κ2) is 8.15. The Hall–Kier alpha value is -3.03. The quantitative estimate of drug-likeness (QED) is 0.764. The average molecular weight is 438 g/mol. The summed E-state index contributed by atoms with van der Waals surface area (Å²) < 4.78 is 5.41. The number of likely N-dealkylation sites (tertiary alicyclic amines) is 1. The summed E-state index contributed by atoms with van der Waals surface area (Å²) in [6, 6.07) is 8.36. The Labute approximate surface area is 188 Å². The lowest BCUT2D eigenvalue weighted by molar-refractivity contribution is -0.151. The van der Waals surface area contributed by atoms with Gasteiger partial charge in [0.25, 0.3) is 5.91 Å². The summed E-state index contributed by atoms with van der Waals surface area (Å²) in [5.74, 6) is 1.83. The van der Waals surface area contributed by atoms with Gasteiger partial charge < -0.3 is 25.3 Å². The van der Waals surface area contributed by atoms with Crippen LogP contribution in [0.3, 0.4) is 0 Å². The van der Waals surface area contributed by atoms with E-state index in [1.165, 1.54) is 0 Å². The number of nitrogen functional groups attached to an aromatic ring is 1. The maximum atomic E-state index is 13.3.